The maximum absolute atomic E-state index is 12.9. The molecule has 0 spiro atoms. The Bertz CT molecular complexity index is 853. The molecule has 0 N–H and O–H groups in total. The number of rotatable bonds is 4. The lowest BCUT2D eigenvalue weighted by atomic mass is 10.2. The molecule has 2 aliphatic rings. The van der Waals surface area contributed by atoms with Crippen LogP contribution in [0.25, 0.3) is 0 Å². The Hall–Kier alpha value is -2.67. The predicted octanol–water partition coefficient (Wildman–Crippen LogP) is 3.27. The van der Waals surface area contributed by atoms with Gasteiger partial charge >= 0.3 is 6.03 Å². The first-order chi connectivity index (χ1) is 13.1. The zero-order valence-corrected chi connectivity index (χ0v) is 15.9. The topological polar surface area (TPSA) is 60.9 Å². The van der Waals surface area contributed by atoms with Crippen LogP contribution in [0.5, 0.6) is 0 Å². The molecule has 3 heterocycles. The quantitative estimate of drug-likeness (QED) is 0.762. The number of hydrogen-bond donors (Lipinski definition) is 0. The lowest BCUT2D eigenvalue weighted by Gasteiger charge is -2.26. The summed E-state index contributed by atoms with van der Waals surface area (Å²) in [7, 11) is 0. The number of amides is 4. The van der Waals surface area contributed by atoms with E-state index in [4.69, 9.17) is 0 Å². The number of nitrogens with zero attached hydrogens (tertiary/aromatic N) is 3. The number of carbonyl (C=O) groups is 3. The minimum atomic E-state index is -0.612. The molecule has 4 rings (SSSR count). The maximum Gasteiger partial charge on any atom is 0.332 e. The SMILES string of the molecule is C[C@@H]1C(=O)N(CC(=O)N2CCC[C@@H]2c2cccs2)C(=O)N1c1ccccc1. The third-order valence-corrected chi connectivity index (χ3v) is 6.19. The molecule has 2 atom stereocenters. The lowest BCUT2D eigenvalue weighted by molar-refractivity contribution is -0.137. The molecule has 0 saturated carbocycles. The number of carbonyl (C=O) groups excluding carboxylic acids is 3. The molecule has 1 aromatic heterocycles. The van der Waals surface area contributed by atoms with Gasteiger partial charge in [0.2, 0.25) is 5.91 Å². The normalized spacial score (nSPS) is 22.8. The van der Waals surface area contributed by atoms with Crippen molar-refractivity contribution in [2.45, 2.75) is 31.8 Å². The Labute approximate surface area is 162 Å². The van der Waals surface area contributed by atoms with Crippen LogP contribution in [0.15, 0.2) is 47.8 Å². The van der Waals surface area contributed by atoms with Gasteiger partial charge in [-0.3, -0.25) is 19.4 Å². The van der Waals surface area contributed by atoms with Crippen LogP contribution >= 0.6 is 11.3 Å². The molecule has 0 bridgehead atoms. The molecule has 7 heteroatoms. The summed E-state index contributed by atoms with van der Waals surface area (Å²) in [5, 5.41) is 2.00. The van der Waals surface area contributed by atoms with Crippen LogP contribution < -0.4 is 4.90 Å². The van der Waals surface area contributed by atoms with E-state index in [1.165, 1.54) is 4.90 Å². The molecule has 140 valence electrons. The second-order valence-electron chi connectivity index (χ2n) is 6.85. The smallest absolute Gasteiger partial charge is 0.332 e. The van der Waals surface area contributed by atoms with Gasteiger partial charge in [0.05, 0.1) is 6.04 Å². The number of benzene rings is 1. The minimum absolute atomic E-state index is 0.0490. The fourth-order valence-corrected chi connectivity index (χ4v) is 4.74. The van der Waals surface area contributed by atoms with Crippen LogP contribution in [-0.2, 0) is 9.59 Å². The van der Waals surface area contributed by atoms with Crippen LogP contribution in [0.2, 0.25) is 0 Å². The fraction of sp³-hybridized carbons (Fsp3) is 0.350. The molecule has 2 fully saturated rings. The van der Waals surface area contributed by atoms with Crippen molar-refractivity contribution in [1.82, 2.24) is 9.80 Å². The molecule has 0 radical (unpaired) electrons. The Morgan fingerprint density at radius 3 is 2.63 bits per heavy atom. The predicted molar refractivity (Wildman–Crippen MR) is 103 cm³/mol. The Morgan fingerprint density at radius 2 is 1.93 bits per heavy atom. The molecule has 6 nitrogen and oxygen atoms in total. The zero-order chi connectivity index (χ0) is 19.0. The molecule has 27 heavy (non-hydrogen) atoms. The summed E-state index contributed by atoms with van der Waals surface area (Å²) in [5.41, 5.74) is 0.663. The van der Waals surface area contributed by atoms with Crippen molar-refractivity contribution in [2.75, 3.05) is 18.0 Å². The van der Waals surface area contributed by atoms with Gasteiger partial charge in [-0.05, 0) is 43.3 Å². The van der Waals surface area contributed by atoms with Crippen molar-refractivity contribution < 1.29 is 14.4 Å². The first-order valence-corrected chi connectivity index (χ1v) is 9.98. The Morgan fingerprint density at radius 1 is 1.15 bits per heavy atom. The van der Waals surface area contributed by atoms with Crippen LogP contribution in [0.1, 0.15) is 30.7 Å². The highest BCUT2D eigenvalue weighted by molar-refractivity contribution is 7.10. The summed E-state index contributed by atoms with van der Waals surface area (Å²) in [6.07, 6.45) is 1.85. The van der Waals surface area contributed by atoms with E-state index >= 15 is 0 Å². The molecule has 2 saturated heterocycles. The highest BCUT2D eigenvalue weighted by Gasteiger charge is 2.45. The molecule has 2 aliphatic heterocycles. The highest BCUT2D eigenvalue weighted by Crippen LogP contribution is 2.35. The second-order valence-corrected chi connectivity index (χ2v) is 7.83. The van der Waals surface area contributed by atoms with Gasteiger partial charge in [-0.25, -0.2) is 4.79 Å². The van der Waals surface area contributed by atoms with Crippen LogP contribution in [0.4, 0.5) is 10.5 Å². The molecular weight excluding hydrogens is 362 g/mol. The average molecular weight is 383 g/mol. The summed E-state index contributed by atoms with van der Waals surface area (Å²) in [5.74, 6) is -0.501. The standard InChI is InChI=1S/C20H21N3O3S/c1-14-19(25)22(20(26)23(14)15-7-3-2-4-8-15)13-18(24)21-11-5-9-16(21)17-10-6-12-27-17/h2-4,6-8,10,12,14,16H,5,9,11,13H2,1H3/t14-,16-/m1/s1. The average Bonchev–Trinajstić information content (AvgIpc) is 3.40. The van der Waals surface area contributed by atoms with Crippen LogP contribution in [0.3, 0.4) is 0 Å². The molecule has 4 amide bonds. The van der Waals surface area contributed by atoms with Crippen molar-refractivity contribution >= 4 is 34.9 Å². The van der Waals surface area contributed by atoms with E-state index in [1.54, 1.807) is 30.4 Å². The third-order valence-electron chi connectivity index (χ3n) is 5.22. The number of imide groups is 1. The third kappa shape index (κ3) is 3.12. The number of hydrogen-bond acceptors (Lipinski definition) is 4. The van der Waals surface area contributed by atoms with Gasteiger partial charge in [-0.1, -0.05) is 24.3 Å². The van der Waals surface area contributed by atoms with E-state index in [0.29, 0.717) is 12.2 Å². The van der Waals surface area contributed by atoms with E-state index in [2.05, 4.69) is 0 Å². The summed E-state index contributed by atoms with van der Waals surface area (Å²) in [6.45, 7) is 2.16. The van der Waals surface area contributed by atoms with Gasteiger partial charge in [0.25, 0.3) is 5.91 Å². The van der Waals surface area contributed by atoms with Crippen molar-refractivity contribution in [3.05, 3.63) is 52.7 Å². The molecule has 2 aromatic rings. The van der Waals surface area contributed by atoms with E-state index < -0.39 is 12.1 Å². The molecular formula is C20H21N3O3S. The first kappa shape index (κ1) is 17.7. The maximum atomic E-state index is 12.9. The Balaban J connectivity index is 1.51. The summed E-state index contributed by atoms with van der Waals surface area (Å²) < 4.78 is 0. The first-order valence-electron chi connectivity index (χ1n) is 9.10. The second kappa shape index (κ2) is 7.15. The molecule has 0 unspecified atom stereocenters. The lowest BCUT2D eigenvalue weighted by Crippen LogP contribution is -2.43. The zero-order valence-electron chi connectivity index (χ0n) is 15.1. The number of thiophene rings is 1. The summed E-state index contributed by atoms with van der Waals surface area (Å²) in [4.78, 5) is 43.9. The van der Waals surface area contributed by atoms with Crippen molar-refractivity contribution in [3.8, 4) is 0 Å². The van der Waals surface area contributed by atoms with Crippen molar-refractivity contribution in [2.24, 2.45) is 0 Å². The molecule has 0 aliphatic carbocycles. The Kier molecular flexibility index (Phi) is 4.70. The van der Waals surface area contributed by atoms with Crippen molar-refractivity contribution in [3.63, 3.8) is 0 Å². The van der Waals surface area contributed by atoms with Crippen LogP contribution in [0, 0.1) is 0 Å². The van der Waals surface area contributed by atoms with Gasteiger partial charge in [0.1, 0.15) is 12.6 Å². The van der Waals surface area contributed by atoms with Gasteiger partial charge in [0, 0.05) is 17.1 Å². The van der Waals surface area contributed by atoms with Gasteiger partial charge in [0.15, 0.2) is 0 Å². The summed E-state index contributed by atoms with van der Waals surface area (Å²) >= 11 is 1.63. The van der Waals surface area contributed by atoms with Crippen molar-refractivity contribution in [1.29, 1.82) is 0 Å². The number of urea groups is 1. The number of para-hydroxylation sites is 1. The minimum Gasteiger partial charge on any atom is -0.333 e. The fourth-order valence-electron chi connectivity index (χ4n) is 3.86. The van der Waals surface area contributed by atoms with E-state index in [0.717, 1.165) is 22.6 Å². The van der Waals surface area contributed by atoms with Gasteiger partial charge < -0.3 is 4.90 Å². The van der Waals surface area contributed by atoms with E-state index in [9.17, 15) is 14.4 Å². The number of likely N-dealkylation sites (tertiary alicyclic amines) is 1. The molecule has 1 aromatic carbocycles. The van der Waals surface area contributed by atoms with E-state index in [-0.39, 0.29) is 24.4 Å². The summed E-state index contributed by atoms with van der Waals surface area (Å²) in [6, 6.07) is 12.1. The number of anilines is 1. The van der Waals surface area contributed by atoms with Crippen LogP contribution in [-0.4, -0.2) is 46.8 Å². The monoisotopic (exact) mass is 383 g/mol. The largest absolute Gasteiger partial charge is 0.333 e. The highest BCUT2D eigenvalue weighted by atomic mass is 32.1. The van der Waals surface area contributed by atoms with Gasteiger partial charge in [-0.15, -0.1) is 11.3 Å². The van der Waals surface area contributed by atoms with Gasteiger partial charge in [-0.2, -0.15) is 0 Å². The van der Waals surface area contributed by atoms with E-state index in [1.807, 2.05) is 40.6 Å².